The lowest BCUT2D eigenvalue weighted by Crippen LogP contribution is -2.45. The van der Waals surface area contributed by atoms with Gasteiger partial charge in [0, 0.05) is 11.7 Å². The van der Waals surface area contributed by atoms with Gasteiger partial charge in [-0.15, -0.1) is 4.91 Å². The molecule has 17 heavy (non-hydrogen) atoms. The molecule has 0 aromatic rings. The van der Waals surface area contributed by atoms with E-state index in [0.29, 0.717) is 19.4 Å². The number of methoxy groups -OCH3 is 1. The van der Waals surface area contributed by atoms with Crippen LogP contribution in [0.25, 0.3) is 0 Å². The number of hydrogen-bond acceptors (Lipinski definition) is 5. The minimum atomic E-state index is -0.853. The van der Waals surface area contributed by atoms with Crippen LogP contribution in [0, 0.1) is 4.91 Å². The molecule has 1 saturated heterocycles. The predicted molar refractivity (Wildman–Crippen MR) is 55.9 cm³/mol. The molecule has 1 aliphatic heterocycles. The summed E-state index contributed by atoms with van der Waals surface area (Å²) in [6, 6.07) is -0.792. The molecule has 8 heteroatoms. The molecule has 94 valence electrons. The first-order valence-electron chi connectivity index (χ1n) is 5.08. The third-order valence-corrected chi connectivity index (χ3v) is 2.52. The predicted octanol–water partition coefficient (Wildman–Crippen LogP) is -0.374. The normalized spacial score (nSPS) is 18.6. The molecule has 1 fully saturated rings. The smallest absolute Gasteiger partial charge is 0.407 e. The molecule has 1 heterocycles. The quantitative estimate of drug-likeness (QED) is 0.680. The highest BCUT2D eigenvalue weighted by Crippen LogP contribution is 2.18. The molecule has 0 bridgehead atoms. The van der Waals surface area contributed by atoms with Gasteiger partial charge in [0.1, 0.15) is 12.6 Å². The second-order valence-electron chi connectivity index (χ2n) is 3.52. The van der Waals surface area contributed by atoms with Crippen LogP contribution in [-0.4, -0.2) is 49.0 Å². The number of likely N-dealkylation sites (tertiary alicyclic amines) is 1. The molecule has 1 rings (SSSR count). The third-order valence-electron chi connectivity index (χ3n) is 2.52. The lowest BCUT2D eigenvalue weighted by Gasteiger charge is -2.21. The van der Waals surface area contributed by atoms with Gasteiger partial charge in [-0.25, -0.2) is 4.79 Å². The number of nitroso groups, excluding NO2 is 1. The van der Waals surface area contributed by atoms with Gasteiger partial charge in [-0.3, -0.25) is 9.59 Å². The van der Waals surface area contributed by atoms with E-state index in [0.717, 1.165) is 0 Å². The first-order valence-corrected chi connectivity index (χ1v) is 5.08. The number of carbonyl (C=O) groups is 3. The Labute approximate surface area is 97.3 Å². The Kier molecular flexibility index (Phi) is 4.56. The first kappa shape index (κ1) is 13.1. The average Bonchev–Trinajstić information content (AvgIpc) is 2.83. The summed E-state index contributed by atoms with van der Waals surface area (Å²) in [7, 11) is 1.18. The van der Waals surface area contributed by atoms with Crippen molar-refractivity contribution in [2.24, 2.45) is 5.18 Å². The SMILES string of the molecule is COC(=O)NCC(=O)N1CCC[C@H]1C(=O)N=O. The highest BCUT2D eigenvalue weighted by atomic mass is 16.5. The number of nitrogens with one attached hydrogen (secondary N) is 1. The summed E-state index contributed by atoms with van der Waals surface area (Å²) < 4.78 is 4.30. The van der Waals surface area contributed by atoms with E-state index in [1.54, 1.807) is 0 Å². The molecule has 1 atom stereocenters. The van der Waals surface area contributed by atoms with Gasteiger partial charge in [-0.1, -0.05) is 0 Å². The summed E-state index contributed by atoms with van der Waals surface area (Å²) in [5, 5.41) is 4.53. The van der Waals surface area contributed by atoms with Crippen LogP contribution >= 0.6 is 0 Å². The van der Waals surface area contributed by atoms with Crippen molar-refractivity contribution in [2.45, 2.75) is 18.9 Å². The zero-order valence-electron chi connectivity index (χ0n) is 9.34. The summed E-state index contributed by atoms with van der Waals surface area (Å²) in [6.45, 7) is 0.114. The van der Waals surface area contributed by atoms with Crippen molar-refractivity contribution in [2.75, 3.05) is 20.2 Å². The summed E-state index contributed by atoms with van der Waals surface area (Å²) in [5.41, 5.74) is 0. The minimum absolute atomic E-state index is 0.269. The molecule has 0 unspecified atom stereocenters. The Morgan fingerprint density at radius 3 is 2.76 bits per heavy atom. The maximum atomic E-state index is 11.7. The van der Waals surface area contributed by atoms with Gasteiger partial charge in [0.25, 0.3) is 0 Å². The zero-order chi connectivity index (χ0) is 12.8. The van der Waals surface area contributed by atoms with E-state index in [9.17, 15) is 19.3 Å². The van der Waals surface area contributed by atoms with Crippen molar-refractivity contribution in [1.82, 2.24) is 10.2 Å². The largest absolute Gasteiger partial charge is 0.453 e. The van der Waals surface area contributed by atoms with E-state index < -0.39 is 23.9 Å². The summed E-state index contributed by atoms with van der Waals surface area (Å²) in [4.78, 5) is 45.0. The number of ether oxygens (including phenoxy) is 1. The van der Waals surface area contributed by atoms with E-state index in [-0.39, 0.29) is 6.54 Å². The average molecular weight is 243 g/mol. The van der Waals surface area contributed by atoms with Gasteiger partial charge in [0.05, 0.1) is 7.11 Å². The van der Waals surface area contributed by atoms with E-state index in [1.807, 2.05) is 0 Å². The molecule has 0 spiro atoms. The number of amides is 3. The number of rotatable bonds is 3. The maximum absolute atomic E-state index is 11.7. The third kappa shape index (κ3) is 3.23. The Balaban J connectivity index is 2.53. The maximum Gasteiger partial charge on any atom is 0.407 e. The first-order chi connectivity index (χ1) is 8.10. The van der Waals surface area contributed by atoms with Crippen LogP contribution in [-0.2, 0) is 14.3 Å². The van der Waals surface area contributed by atoms with Crippen LogP contribution < -0.4 is 5.32 Å². The molecule has 0 aromatic carbocycles. The molecule has 1 N–H and O–H groups in total. The van der Waals surface area contributed by atoms with E-state index in [4.69, 9.17) is 0 Å². The van der Waals surface area contributed by atoms with Gasteiger partial charge in [0.2, 0.25) is 5.91 Å². The Morgan fingerprint density at radius 1 is 1.47 bits per heavy atom. The van der Waals surface area contributed by atoms with Crippen LogP contribution in [0.3, 0.4) is 0 Å². The van der Waals surface area contributed by atoms with Crippen LogP contribution in [0.2, 0.25) is 0 Å². The second kappa shape index (κ2) is 5.92. The molecule has 3 amide bonds. The molecular weight excluding hydrogens is 230 g/mol. The lowest BCUT2D eigenvalue weighted by molar-refractivity contribution is -0.136. The van der Waals surface area contributed by atoms with Crippen molar-refractivity contribution < 1.29 is 19.1 Å². The number of alkyl carbamates (subject to hydrolysis) is 1. The fraction of sp³-hybridized carbons (Fsp3) is 0.667. The molecule has 1 aliphatic rings. The molecular formula is C9H13N3O5. The number of hydrogen-bond donors (Lipinski definition) is 1. The van der Waals surface area contributed by atoms with Gasteiger partial charge < -0.3 is 15.0 Å². The molecule has 0 aromatic heterocycles. The van der Waals surface area contributed by atoms with Crippen molar-refractivity contribution in [1.29, 1.82) is 0 Å². The topological polar surface area (TPSA) is 105 Å². The van der Waals surface area contributed by atoms with Gasteiger partial charge in [-0.2, -0.15) is 0 Å². The Bertz CT molecular complexity index is 344. The van der Waals surface area contributed by atoms with Gasteiger partial charge >= 0.3 is 12.0 Å². The molecule has 0 saturated carbocycles. The van der Waals surface area contributed by atoms with Gasteiger partial charge in [0.15, 0.2) is 0 Å². The van der Waals surface area contributed by atoms with Crippen molar-refractivity contribution in [3.8, 4) is 0 Å². The highest BCUT2D eigenvalue weighted by molar-refractivity contribution is 5.90. The monoisotopic (exact) mass is 243 g/mol. The summed E-state index contributed by atoms with van der Waals surface area (Å²) in [6.07, 6.45) is 0.332. The van der Waals surface area contributed by atoms with E-state index >= 15 is 0 Å². The molecule has 0 aliphatic carbocycles. The molecule has 8 nitrogen and oxygen atoms in total. The fourth-order valence-corrected chi connectivity index (χ4v) is 1.70. The van der Waals surface area contributed by atoms with Crippen LogP contribution in [0.4, 0.5) is 4.79 Å². The zero-order valence-corrected chi connectivity index (χ0v) is 9.34. The number of carbonyl (C=O) groups excluding carboxylic acids is 3. The Hall–Kier alpha value is -1.99. The van der Waals surface area contributed by atoms with Crippen molar-refractivity contribution in [3.63, 3.8) is 0 Å². The summed E-state index contributed by atoms with van der Waals surface area (Å²) >= 11 is 0. The summed E-state index contributed by atoms with van der Waals surface area (Å²) in [5.74, 6) is -1.29. The minimum Gasteiger partial charge on any atom is -0.453 e. The van der Waals surface area contributed by atoms with E-state index in [2.05, 4.69) is 15.2 Å². The van der Waals surface area contributed by atoms with Crippen LogP contribution in [0.5, 0.6) is 0 Å². The van der Waals surface area contributed by atoms with Crippen LogP contribution in [0.15, 0.2) is 5.18 Å². The fourth-order valence-electron chi connectivity index (χ4n) is 1.70. The standard InChI is InChI=1S/C9H13N3O5/c1-17-9(15)10-5-7(13)12-4-2-3-6(12)8(14)11-16/h6H,2-5H2,1H3,(H,10,15)/t6-/m0/s1. The number of nitrogens with zero attached hydrogens (tertiary/aromatic N) is 2. The molecule has 0 radical (unpaired) electrons. The van der Waals surface area contributed by atoms with Crippen molar-refractivity contribution >= 4 is 17.9 Å². The van der Waals surface area contributed by atoms with Gasteiger partial charge in [-0.05, 0) is 12.8 Å². The second-order valence-corrected chi connectivity index (χ2v) is 3.52. The highest BCUT2D eigenvalue weighted by Gasteiger charge is 2.34. The van der Waals surface area contributed by atoms with E-state index in [1.165, 1.54) is 12.0 Å². The van der Waals surface area contributed by atoms with Crippen molar-refractivity contribution in [3.05, 3.63) is 4.91 Å². The lowest BCUT2D eigenvalue weighted by atomic mass is 10.2. The Morgan fingerprint density at radius 2 is 2.18 bits per heavy atom. The van der Waals surface area contributed by atoms with Crippen LogP contribution in [0.1, 0.15) is 12.8 Å².